The standard InChI is InChI=1S/C25H26N4O6S/c1-16-4-9-21(17(2)12-16)28-36(32,33)20-8-10-22(23(14-20)29(30)31)27-26-18(3)5-6-19-7-11-24-25(13-19)35-15-34-24/h4,7-14,27-28H,5-6,15H2,1-3H3/b26-18-. The number of benzene rings is 3. The lowest BCUT2D eigenvalue weighted by Crippen LogP contribution is -2.14. The Morgan fingerprint density at radius 1 is 1.03 bits per heavy atom. The number of hydrogen-bond acceptors (Lipinski definition) is 8. The van der Waals surface area contributed by atoms with Crippen molar-refractivity contribution in [2.75, 3.05) is 16.9 Å². The van der Waals surface area contributed by atoms with E-state index in [1.165, 1.54) is 12.1 Å². The number of nitrogens with zero attached hydrogens (tertiary/aromatic N) is 2. The first-order valence-corrected chi connectivity index (χ1v) is 12.7. The van der Waals surface area contributed by atoms with Gasteiger partial charge >= 0.3 is 0 Å². The predicted molar refractivity (Wildman–Crippen MR) is 137 cm³/mol. The van der Waals surface area contributed by atoms with E-state index in [1.54, 1.807) is 26.0 Å². The molecule has 36 heavy (non-hydrogen) atoms. The number of rotatable bonds is 9. The third-order valence-electron chi connectivity index (χ3n) is 5.68. The van der Waals surface area contributed by atoms with Gasteiger partial charge < -0.3 is 9.47 Å². The summed E-state index contributed by atoms with van der Waals surface area (Å²) in [6.45, 7) is 5.71. The van der Waals surface area contributed by atoms with Gasteiger partial charge in [-0.25, -0.2) is 8.42 Å². The van der Waals surface area contributed by atoms with Gasteiger partial charge in [0.25, 0.3) is 15.7 Å². The van der Waals surface area contributed by atoms with Crippen LogP contribution in [-0.2, 0) is 16.4 Å². The molecule has 4 rings (SSSR count). The summed E-state index contributed by atoms with van der Waals surface area (Å²) in [5.74, 6) is 1.42. The third kappa shape index (κ3) is 5.74. The van der Waals surface area contributed by atoms with Crippen molar-refractivity contribution in [1.82, 2.24) is 0 Å². The smallest absolute Gasteiger partial charge is 0.295 e. The number of hydrogen-bond donors (Lipinski definition) is 2. The molecule has 0 saturated carbocycles. The van der Waals surface area contributed by atoms with Crippen LogP contribution in [0.25, 0.3) is 0 Å². The van der Waals surface area contributed by atoms with Gasteiger partial charge in [-0.1, -0.05) is 23.8 Å². The minimum absolute atomic E-state index is 0.0906. The molecule has 3 aromatic carbocycles. The molecule has 11 heteroatoms. The van der Waals surface area contributed by atoms with Crippen LogP contribution in [-0.4, -0.2) is 25.8 Å². The Hall–Kier alpha value is -4.12. The fraction of sp³-hybridized carbons (Fsp3) is 0.240. The van der Waals surface area contributed by atoms with Gasteiger partial charge in [-0.05, 0) is 75.1 Å². The number of nitro benzene ring substituents is 1. The number of aryl methyl sites for hydroxylation is 3. The minimum Gasteiger partial charge on any atom is -0.454 e. The van der Waals surface area contributed by atoms with Crippen molar-refractivity contribution in [2.24, 2.45) is 5.10 Å². The quantitative estimate of drug-likeness (QED) is 0.231. The van der Waals surface area contributed by atoms with Gasteiger partial charge in [0, 0.05) is 11.8 Å². The van der Waals surface area contributed by atoms with Gasteiger partial charge in [0.1, 0.15) is 5.69 Å². The fourth-order valence-electron chi connectivity index (χ4n) is 3.69. The Labute approximate surface area is 209 Å². The van der Waals surface area contributed by atoms with E-state index in [1.807, 2.05) is 31.2 Å². The van der Waals surface area contributed by atoms with E-state index >= 15 is 0 Å². The monoisotopic (exact) mass is 510 g/mol. The zero-order valence-electron chi connectivity index (χ0n) is 20.1. The fourth-order valence-corrected chi connectivity index (χ4v) is 4.84. The number of hydrazone groups is 1. The zero-order valence-corrected chi connectivity index (χ0v) is 20.9. The Bertz CT molecular complexity index is 1450. The topological polar surface area (TPSA) is 132 Å². The molecule has 0 bridgehead atoms. The van der Waals surface area contributed by atoms with Crippen molar-refractivity contribution in [3.05, 3.63) is 81.4 Å². The Morgan fingerprint density at radius 3 is 2.53 bits per heavy atom. The molecule has 0 unspecified atom stereocenters. The summed E-state index contributed by atoms with van der Waals surface area (Å²) in [7, 11) is -4.03. The molecule has 0 aromatic heterocycles. The second-order valence-electron chi connectivity index (χ2n) is 8.51. The molecule has 0 amide bonds. The molecule has 0 spiro atoms. The van der Waals surface area contributed by atoms with Crippen molar-refractivity contribution in [3.8, 4) is 11.5 Å². The van der Waals surface area contributed by atoms with Crippen LogP contribution in [0.2, 0.25) is 0 Å². The Morgan fingerprint density at radius 2 is 1.78 bits per heavy atom. The summed E-state index contributed by atoms with van der Waals surface area (Å²) in [6.07, 6.45) is 1.30. The molecule has 1 aliphatic rings. The molecule has 0 saturated heterocycles. The number of nitro groups is 1. The van der Waals surface area contributed by atoms with Crippen molar-refractivity contribution in [1.29, 1.82) is 0 Å². The highest BCUT2D eigenvalue weighted by Crippen LogP contribution is 2.33. The van der Waals surface area contributed by atoms with Gasteiger partial charge in [-0.3, -0.25) is 20.3 Å². The van der Waals surface area contributed by atoms with Crippen molar-refractivity contribution >= 4 is 32.8 Å². The SMILES string of the molecule is C/C(CCc1ccc2c(c1)OCO2)=N/Nc1ccc(S(=O)(=O)Nc2ccc(C)cc2C)cc1[N+](=O)[O-]. The first-order valence-electron chi connectivity index (χ1n) is 11.2. The number of fused-ring (bicyclic) bond motifs is 1. The van der Waals surface area contributed by atoms with Crippen LogP contribution in [0.5, 0.6) is 11.5 Å². The van der Waals surface area contributed by atoms with Crippen LogP contribution < -0.4 is 19.6 Å². The highest BCUT2D eigenvalue weighted by atomic mass is 32.2. The highest BCUT2D eigenvalue weighted by Gasteiger charge is 2.22. The van der Waals surface area contributed by atoms with Crippen LogP contribution in [0.15, 0.2) is 64.6 Å². The average Bonchev–Trinajstić information content (AvgIpc) is 3.31. The maximum atomic E-state index is 12.9. The molecule has 0 fully saturated rings. The summed E-state index contributed by atoms with van der Waals surface area (Å²) in [6, 6.07) is 14.7. The van der Waals surface area contributed by atoms with Gasteiger partial charge in [-0.2, -0.15) is 5.10 Å². The van der Waals surface area contributed by atoms with E-state index < -0.39 is 20.6 Å². The van der Waals surface area contributed by atoms with Crippen LogP contribution in [0, 0.1) is 24.0 Å². The van der Waals surface area contributed by atoms with E-state index in [0.717, 1.165) is 28.5 Å². The second kappa shape index (κ2) is 10.2. The number of nitrogens with one attached hydrogen (secondary N) is 2. The predicted octanol–water partition coefficient (Wildman–Crippen LogP) is 5.16. The molecule has 2 N–H and O–H groups in total. The van der Waals surface area contributed by atoms with E-state index in [2.05, 4.69) is 15.2 Å². The highest BCUT2D eigenvalue weighted by molar-refractivity contribution is 7.92. The van der Waals surface area contributed by atoms with E-state index in [-0.39, 0.29) is 17.4 Å². The second-order valence-corrected chi connectivity index (χ2v) is 10.2. The van der Waals surface area contributed by atoms with Gasteiger partial charge in [-0.15, -0.1) is 0 Å². The first kappa shape index (κ1) is 25.0. The average molecular weight is 511 g/mol. The van der Waals surface area contributed by atoms with Gasteiger partial charge in [0.05, 0.1) is 15.5 Å². The normalized spacial score (nSPS) is 12.9. The molecule has 0 aliphatic carbocycles. The van der Waals surface area contributed by atoms with Crippen LogP contribution in [0.3, 0.4) is 0 Å². The Balaban J connectivity index is 1.46. The number of sulfonamides is 1. The first-order chi connectivity index (χ1) is 17.1. The molecule has 3 aromatic rings. The lowest BCUT2D eigenvalue weighted by molar-refractivity contribution is -0.384. The summed E-state index contributed by atoms with van der Waals surface area (Å²) < 4.78 is 39.0. The molecule has 1 heterocycles. The van der Waals surface area contributed by atoms with Crippen molar-refractivity contribution in [3.63, 3.8) is 0 Å². The molecular formula is C25H26N4O6S. The van der Waals surface area contributed by atoms with Crippen LogP contribution in [0.4, 0.5) is 17.1 Å². The minimum atomic E-state index is -4.03. The summed E-state index contributed by atoms with van der Waals surface area (Å²) in [5.41, 5.74) is 6.31. The van der Waals surface area contributed by atoms with Crippen molar-refractivity contribution < 1.29 is 22.8 Å². The molecule has 188 valence electrons. The maximum Gasteiger partial charge on any atom is 0.295 e. The largest absolute Gasteiger partial charge is 0.454 e. The van der Waals surface area contributed by atoms with Crippen LogP contribution >= 0.6 is 0 Å². The number of ether oxygens (including phenoxy) is 2. The molecule has 0 radical (unpaired) electrons. The maximum absolute atomic E-state index is 12.9. The molecule has 1 aliphatic heterocycles. The summed E-state index contributed by atoms with van der Waals surface area (Å²) in [5, 5.41) is 15.9. The van der Waals surface area contributed by atoms with E-state index in [0.29, 0.717) is 30.0 Å². The van der Waals surface area contributed by atoms with Crippen molar-refractivity contribution in [2.45, 2.75) is 38.5 Å². The van der Waals surface area contributed by atoms with Gasteiger partial charge in [0.2, 0.25) is 6.79 Å². The molecular weight excluding hydrogens is 484 g/mol. The van der Waals surface area contributed by atoms with E-state index in [4.69, 9.17) is 9.47 Å². The summed E-state index contributed by atoms with van der Waals surface area (Å²) >= 11 is 0. The van der Waals surface area contributed by atoms with E-state index in [9.17, 15) is 18.5 Å². The zero-order chi connectivity index (χ0) is 25.9. The molecule has 10 nitrogen and oxygen atoms in total. The summed E-state index contributed by atoms with van der Waals surface area (Å²) in [4.78, 5) is 10.8. The Kier molecular flexibility index (Phi) is 7.11. The number of anilines is 2. The molecule has 0 atom stereocenters. The lowest BCUT2D eigenvalue weighted by atomic mass is 10.1. The third-order valence-corrected chi connectivity index (χ3v) is 7.05. The lowest BCUT2D eigenvalue weighted by Gasteiger charge is -2.12. The van der Waals surface area contributed by atoms with Crippen LogP contribution in [0.1, 0.15) is 30.0 Å². The van der Waals surface area contributed by atoms with Gasteiger partial charge in [0.15, 0.2) is 11.5 Å².